The maximum atomic E-state index is 13.2. The Hall–Kier alpha value is -2.73. The summed E-state index contributed by atoms with van der Waals surface area (Å²) >= 11 is 5.86. The first-order valence-electron chi connectivity index (χ1n) is 8.94. The van der Waals surface area contributed by atoms with Crippen LogP contribution in [-0.4, -0.2) is 48.5 Å². The minimum absolute atomic E-state index is 0.196. The molecule has 0 radical (unpaired) electrons. The third-order valence-electron chi connectivity index (χ3n) is 4.99. The second kappa shape index (κ2) is 8.52. The van der Waals surface area contributed by atoms with Gasteiger partial charge in [0.2, 0.25) is 0 Å². The Morgan fingerprint density at radius 3 is 2.50 bits per heavy atom. The van der Waals surface area contributed by atoms with Gasteiger partial charge in [-0.2, -0.15) is 0 Å². The number of fused-ring (bicyclic) bond motifs is 1. The van der Waals surface area contributed by atoms with E-state index in [-0.39, 0.29) is 5.91 Å². The van der Waals surface area contributed by atoms with E-state index in [1.807, 2.05) is 0 Å². The molecule has 0 saturated heterocycles. The summed E-state index contributed by atoms with van der Waals surface area (Å²) in [6.45, 7) is 0.361. The van der Waals surface area contributed by atoms with Gasteiger partial charge < -0.3 is 19.5 Å². The number of carbonyl (C=O) groups is 2. The van der Waals surface area contributed by atoms with Gasteiger partial charge in [0, 0.05) is 18.0 Å². The van der Waals surface area contributed by atoms with E-state index in [1.165, 1.54) is 14.2 Å². The summed E-state index contributed by atoms with van der Waals surface area (Å²) < 4.78 is 10.7. The molecule has 0 bridgehead atoms. The Kier molecular flexibility index (Phi) is 6.09. The van der Waals surface area contributed by atoms with Crippen molar-refractivity contribution in [2.24, 2.45) is 0 Å². The quantitative estimate of drug-likeness (QED) is 0.713. The number of nitrogens with zero attached hydrogens (tertiary/aromatic N) is 1. The van der Waals surface area contributed by atoms with E-state index in [4.69, 9.17) is 21.1 Å². The molecule has 0 saturated carbocycles. The van der Waals surface area contributed by atoms with Crippen LogP contribution in [0, 0.1) is 0 Å². The number of methoxy groups -OCH3 is 2. The minimum Gasteiger partial charge on any atom is -0.493 e. The van der Waals surface area contributed by atoms with Crippen LogP contribution in [0.25, 0.3) is 0 Å². The highest BCUT2D eigenvalue weighted by Gasteiger charge is 2.44. The molecule has 6 nitrogen and oxygen atoms in total. The number of hydrogen-bond acceptors (Lipinski definition) is 4. The molecule has 0 spiro atoms. The number of ether oxygens (including phenoxy) is 2. The van der Waals surface area contributed by atoms with E-state index in [0.29, 0.717) is 47.0 Å². The van der Waals surface area contributed by atoms with Gasteiger partial charge >= 0.3 is 5.97 Å². The Bertz CT molecular complexity index is 885. The molecule has 1 N–H and O–H groups in total. The molecule has 3 rings (SSSR count). The number of carboxylic acid groups (broad SMARTS) is 1. The summed E-state index contributed by atoms with van der Waals surface area (Å²) in [7, 11) is 3.05. The molecule has 0 fully saturated rings. The summed E-state index contributed by atoms with van der Waals surface area (Å²) in [6.07, 6.45) is 0.561. The van der Waals surface area contributed by atoms with E-state index in [0.717, 1.165) is 0 Å². The Morgan fingerprint density at radius 1 is 1.14 bits per heavy atom. The zero-order valence-electron chi connectivity index (χ0n) is 15.7. The highest BCUT2D eigenvalue weighted by molar-refractivity contribution is 6.17. The second-order valence-corrected chi connectivity index (χ2v) is 6.88. The van der Waals surface area contributed by atoms with Crippen LogP contribution in [0.1, 0.15) is 39.9 Å². The van der Waals surface area contributed by atoms with Crippen LogP contribution in [0.2, 0.25) is 0 Å². The van der Waals surface area contributed by atoms with Gasteiger partial charge in [-0.25, -0.2) is 0 Å². The van der Waals surface area contributed by atoms with Crippen molar-refractivity contribution in [2.75, 3.05) is 26.6 Å². The number of rotatable bonds is 7. The molecule has 0 aliphatic carbocycles. The highest BCUT2D eigenvalue weighted by Crippen LogP contribution is 2.44. The normalized spacial score (nSPS) is 18.5. The molecule has 1 amide bonds. The largest absolute Gasteiger partial charge is 0.493 e. The van der Waals surface area contributed by atoms with Gasteiger partial charge in [-0.15, -0.1) is 11.6 Å². The van der Waals surface area contributed by atoms with Crippen molar-refractivity contribution < 1.29 is 24.2 Å². The molecular formula is C21H22ClNO5. The first-order valence-corrected chi connectivity index (χ1v) is 9.47. The summed E-state index contributed by atoms with van der Waals surface area (Å²) in [6, 6.07) is 11.4. The molecule has 7 heteroatoms. The number of alkyl halides is 1. The molecule has 1 heterocycles. The van der Waals surface area contributed by atoms with Crippen molar-refractivity contribution in [3.63, 3.8) is 0 Å². The van der Waals surface area contributed by atoms with Gasteiger partial charge in [0.25, 0.3) is 5.91 Å². The van der Waals surface area contributed by atoms with Crippen molar-refractivity contribution in [2.45, 2.75) is 18.4 Å². The van der Waals surface area contributed by atoms with Crippen LogP contribution in [0.5, 0.6) is 11.5 Å². The average molecular weight is 404 g/mol. The van der Waals surface area contributed by atoms with Crippen molar-refractivity contribution in [3.05, 3.63) is 59.2 Å². The Labute approximate surface area is 168 Å². The van der Waals surface area contributed by atoms with E-state index in [1.54, 1.807) is 47.4 Å². The van der Waals surface area contributed by atoms with Crippen LogP contribution in [0.3, 0.4) is 0 Å². The monoisotopic (exact) mass is 403 g/mol. The lowest BCUT2D eigenvalue weighted by molar-refractivity contribution is -0.140. The maximum Gasteiger partial charge on any atom is 0.313 e. The fourth-order valence-corrected chi connectivity index (χ4v) is 3.86. The molecule has 1 aliphatic rings. The highest BCUT2D eigenvalue weighted by atomic mass is 35.5. The minimum atomic E-state index is -0.990. The van der Waals surface area contributed by atoms with E-state index >= 15 is 0 Å². The smallest absolute Gasteiger partial charge is 0.313 e. The topological polar surface area (TPSA) is 76.1 Å². The van der Waals surface area contributed by atoms with Crippen molar-refractivity contribution in [3.8, 4) is 11.5 Å². The van der Waals surface area contributed by atoms with Crippen molar-refractivity contribution in [1.29, 1.82) is 0 Å². The lowest BCUT2D eigenvalue weighted by Gasteiger charge is -2.41. The molecule has 2 aromatic rings. The average Bonchev–Trinajstić information content (AvgIpc) is 2.72. The SMILES string of the molecule is COc1ccc([C@H]2[C@@H](C(=O)O)c3ccccc3C(=O)N2CCCCl)cc1OC. The van der Waals surface area contributed by atoms with Gasteiger partial charge in [0.15, 0.2) is 11.5 Å². The summed E-state index contributed by atoms with van der Waals surface area (Å²) in [5, 5.41) is 10.1. The van der Waals surface area contributed by atoms with Crippen LogP contribution in [-0.2, 0) is 4.79 Å². The number of aliphatic carboxylic acids is 1. The first-order chi connectivity index (χ1) is 13.5. The van der Waals surface area contributed by atoms with Gasteiger partial charge in [-0.1, -0.05) is 24.3 Å². The fraction of sp³-hybridized carbons (Fsp3) is 0.333. The zero-order chi connectivity index (χ0) is 20.3. The van der Waals surface area contributed by atoms with Gasteiger partial charge in [-0.3, -0.25) is 9.59 Å². The van der Waals surface area contributed by atoms with Crippen LogP contribution in [0.15, 0.2) is 42.5 Å². The summed E-state index contributed by atoms with van der Waals surface area (Å²) in [5.41, 5.74) is 1.60. The molecule has 0 aromatic heterocycles. The van der Waals surface area contributed by atoms with Crippen LogP contribution in [0.4, 0.5) is 0 Å². The van der Waals surface area contributed by atoms with Crippen LogP contribution < -0.4 is 9.47 Å². The molecule has 1 aliphatic heterocycles. The van der Waals surface area contributed by atoms with Gasteiger partial charge in [0.05, 0.1) is 20.3 Å². The number of benzene rings is 2. The van der Waals surface area contributed by atoms with Crippen LogP contribution >= 0.6 is 11.6 Å². The number of carboxylic acids is 1. The predicted octanol–water partition coefficient (Wildman–Crippen LogP) is 3.70. The zero-order valence-corrected chi connectivity index (χ0v) is 16.5. The lowest BCUT2D eigenvalue weighted by Crippen LogP contribution is -2.45. The van der Waals surface area contributed by atoms with E-state index < -0.39 is 17.9 Å². The molecule has 0 unspecified atom stereocenters. The van der Waals surface area contributed by atoms with Gasteiger partial charge in [0.1, 0.15) is 5.92 Å². The maximum absolute atomic E-state index is 13.2. The number of carbonyl (C=O) groups excluding carboxylic acids is 1. The molecule has 28 heavy (non-hydrogen) atoms. The number of amides is 1. The molecule has 148 valence electrons. The van der Waals surface area contributed by atoms with Crippen molar-refractivity contribution >= 4 is 23.5 Å². The van der Waals surface area contributed by atoms with E-state index in [9.17, 15) is 14.7 Å². The fourth-order valence-electron chi connectivity index (χ4n) is 3.74. The van der Waals surface area contributed by atoms with Crippen molar-refractivity contribution in [1.82, 2.24) is 4.90 Å². The second-order valence-electron chi connectivity index (χ2n) is 6.50. The number of hydrogen-bond donors (Lipinski definition) is 1. The standard InChI is InChI=1S/C21H22ClNO5/c1-27-16-9-8-13(12-17(16)28-2)19-18(21(25)26)14-6-3-4-7-15(14)20(24)23(19)11-5-10-22/h3-4,6-9,12,18-19H,5,10-11H2,1-2H3,(H,25,26)/t18-,19-/m0/s1. The van der Waals surface area contributed by atoms with E-state index in [2.05, 4.69) is 0 Å². The first kappa shape index (κ1) is 20.0. The predicted molar refractivity (Wildman–Crippen MR) is 105 cm³/mol. The molecular weight excluding hydrogens is 382 g/mol. The third-order valence-corrected chi connectivity index (χ3v) is 5.25. The summed E-state index contributed by atoms with van der Waals surface area (Å²) in [4.78, 5) is 27.1. The number of halogens is 1. The lowest BCUT2D eigenvalue weighted by atomic mass is 9.79. The summed E-state index contributed by atoms with van der Waals surface area (Å²) in [5.74, 6) is -0.696. The third kappa shape index (κ3) is 3.52. The van der Waals surface area contributed by atoms with Gasteiger partial charge in [-0.05, 0) is 35.7 Å². The molecule has 2 aromatic carbocycles. The molecule has 2 atom stereocenters. The Morgan fingerprint density at radius 2 is 1.86 bits per heavy atom. The Balaban J connectivity index is 2.18.